The molecule has 0 aliphatic heterocycles. The van der Waals surface area contributed by atoms with Crippen LogP contribution in [0.4, 0.5) is 24.5 Å². The number of alkyl halides is 3. The first kappa shape index (κ1) is 23.6. The molecule has 12 heteroatoms. The number of hydrogen-bond donors (Lipinski definition) is 2. The molecule has 2 N–H and O–H groups in total. The zero-order chi connectivity index (χ0) is 23.3. The van der Waals surface area contributed by atoms with Crippen LogP contribution in [0, 0.1) is 0 Å². The van der Waals surface area contributed by atoms with Crippen molar-refractivity contribution in [1.29, 1.82) is 0 Å². The van der Waals surface area contributed by atoms with Crippen LogP contribution >= 0.6 is 23.4 Å². The fraction of sp³-hybridized carbons (Fsp3) is 0.200. The predicted octanol–water partition coefficient (Wildman–Crippen LogP) is 4.40. The Hall–Kier alpha value is -3.05. The van der Waals surface area contributed by atoms with Gasteiger partial charge in [0.2, 0.25) is 11.8 Å². The fourth-order valence-corrected chi connectivity index (χ4v) is 3.46. The Balaban J connectivity index is 1.53. The molecule has 2 aromatic carbocycles. The number of anilines is 2. The first-order valence-electron chi connectivity index (χ1n) is 9.15. The second-order valence-electron chi connectivity index (χ2n) is 6.61. The van der Waals surface area contributed by atoms with Crippen molar-refractivity contribution in [1.82, 2.24) is 14.8 Å². The van der Waals surface area contributed by atoms with Gasteiger partial charge in [-0.1, -0.05) is 29.4 Å². The van der Waals surface area contributed by atoms with Crippen LogP contribution in [0.2, 0.25) is 5.02 Å². The quantitative estimate of drug-likeness (QED) is 0.486. The minimum atomic E-state index is -4.50. The van der Waals surface area contributed by atoms with E-state index in [9.17, 15) is 22.8 Å². The normalized spacial score (nSPS) is 11.3. The van der Waals surface area contributed by atoms with Gasteiger partial charge < -0.3 is 15.2 Å². The van der Waals surface area contributed by atoms with E-state index in [2.05, 4.69) is 20.8 Å². The molecular weight excluding hydrogens is 467 g/mol. The highest BCUT2D eigenvalue weighted by atomic mass is 35.5. The van der Waals surface area contributed by atoms with Gasteiger partial charge in [0.25, 0.3) is 0 Å². The van der Waals surface area contributed by atoms with E-state index >= 15 is 0 Å². The molecule has 32 heavy (non-hydrogen) atoms. The van der Waals surface area contributed by atoms with E-state index in [4.69, 9.17) is 11.6 Å². The standard InChI is InChI=1S/C20H17ClF3N5O2S/c1-29-16(10-17(30)25-14-7-5-13(21)6-8-14)27-28-19(29)32-11-18(31)26-15-4-2-3-12(9-15)20(22,23)24/h2-9H,10-11H2,1H3,(H,25,30)(H,26,31). The Bertz CT molecular complexity index is 1120. The number of amides is 2. The third-order valence-corrected chi connectivity index (χ3v) is 5.45. The van der Waals surface area contributed by atoms with Crippen molar-refractivity contribution >= 4 is 46.6 Å². The van der Waals surface area contributed by atoms with Crippen molar-refractivity contribution < 1.29 is 22.8 Å². The highest BCUT2D eigenvalue weighted by Gasteiger charge is 2.30. The second-order valence-corrected chi connectivity index (χ2v) is 7.98. The number of nitrogens with zero attached hydrogens (tertiary/aromatic N) is 3. The third-order valence-electron chi connectivity index (χ3n) is 4.18. The molecule has 0 bridgehead atoms. The van der Waals surface area contributed by atoms with Gasteiger partial charge in [-0.05, 0) is 42.5 Å². The van der Waals surface area contributed by atoms with Crippen LogP contribution in [-0.4, -0.2) is 32.3 Å². The Morgan fingerprint density at radius 2 is 1.72 bits per heavy atom. The van der Waals surface area contributed by atoms with Gasteiger partial charge in [-0.15, -0.1) is 10.2 Å². The molecule has 3 rings (SSSR count). The molecule has 0 radical (unpaired) electrons. The van der Waals surface area contributed by atoms with Crippen molar-refractivity contribution in [2.24, 2.45) is 7.05 Å². The van der Waals surface area contributed by atoms with Crippen molar-refractivity contribution in [2.45, 2.75) is 17.8 Å². The van der Waals surface area contributed by atoms with E-state index in [0.717, 1.165) is 23.9 Å². The number of rotatable bonds is 7. The van der Waals surface area contributed by atoms with E-state index in [1.54, 1.807) is 35.9 Å². The van der Waals surface area contributed by atoms with Gasteiger partial charge in [0, 0.05) is 23.4 Å². The Labute approximate surface area is 190 Å². The first-order valence-corrected chi connectivity index (χ1v) is 10.5. The first-order chi connectivity index (χ1) is 15.1. The maximum absolute atomic E-state index is 12.8. The summed E-state index contributed by atoms with van der Waals surface area (Å²) < 4.78 is 39.9. The van der Waals surface area contributed by atoms with Crippen LogP contribution in [0.1, 0.15) is 11.4 Å². The number of benzene rings is 2. The highest BCUT2D eigenvalue weighted by Crippen LogP contribution is 2.30. The summed E-state index contributed by atoms with van der Waals surface area (Å²) in [6, 6.07) is 11.0. The molecule has 7 nitrogen and oxygen atoms in total. The Morgan fingerprint density at radius 3 is 2.41 bits per heavy atom. The van der Waals surface area contributed by atoms with E-state index < -0.39 is 17.6 Å². The summed E-state index contributed by atoms with van der Waals surface area (Å²) in [5.74, 6) is -0.516. The molecule has 0 saturated carbocycles. The topological polar surface area (TPSA) is 88.9 Å². The molecule has 0 spiro atoms. The van der Waals surface area contributed by atoms with Gasteiger partial charge in [0.15, 0.2) is 5.16 Å². The van der Waals surface area contributed by atoms with Crippen molar-refractivity contribution in [3.05, 3.63) is 64.9 Å². The predicted molar refractivity (Wildman–Crippen MR) is 116 cm³/mol. The van der Waals surface area contributed by atoms with Crippen LogP contribution in [0.5, 0.6) is 0 Å². The van der Waals surface area contributed by atoms with E-state index in [0.29, 0.717) is 21.7 Å². The molecular formula is C20H17ClF3N5O2S. The summed E-state index contributed by atoms with van der Waals surface area (Å²) >= 11 is 6.86. The maximum atomic E-state index is 12.8. The van der Waals surface area contributed by atoms with Crippen molar-refractivity contribution in [3.63, 3.8) is 0 Å². The Morgan fingerprint density at radius 1 is 1.03 bits per heavy atom. The lowest BCUT2D eigenvalue weighted by atomic mass is 10.2. The second kappa shape index (κ2) is 10.0. The van der Waals surface area contributed by atoms with Gasteiger partial charge >= 0.3 is 6.18 Å². The minimum Gasteiger partial charge on any atom is -0.326 e. The highest BCUT2D eigenvalue weighted by molar-refractivity contribution is 7.99. The van der Waals surface area contributed by atoms with Gasteiger partial charge in [-0.3, -0.25) is 9.59 Å². The lowest BCUT2D eigenvalue weighted by Gasteiger charge is -2.09. The number of halogens is 4. The van der Waals surface area contributed by atoms with Crippen molar-refractivity contribution in [3.8, 4) is 0 Å². The van der Waals surface area contributed by atoms with Gasteiger partial charge in [-0.2, -0.15) is 13.2 Å². The van der Waals surface area contributed by atoms with Gasteiger partial charge in [0.1, 0.15) is 5.82 Å². The van der Waals surface area contributed by atoms with E-state index in [1.165, 1.54) is 12.1 Å². The monoisotopic (exact) mass is 483 g/mol. The number of carbonyl (C=O) groups is 2. The minimum absolute atomic E-state index is 0.0386. The molecule has 1 aromatic heterocycles. The van der Waals surface area contributed by atoms with Crippen LogP contribution in [0.3, 0.4) is 0 Å². The maximum Gasteiger partial charge on any atom is 0.416 e. The summed E-state index contributed by atoms with van der Waals surface area (Å²) in [7, 11) is 1.65. The van der Waals surface area contributed by atoms with E-state index in [-0.39, 0.29) is 23.8 Å². The smallest absolute Gasteiger partial charge is 0.326 e. The van der Waals surface area contributed by atoms with Crippen LogP contribution in [0.25, 0.3) is 0 Å². The summed E-state index contributed by atoms with van der Waals surface area (Å²) in [6.07, 6.45) is -4.53. The molecule has 0 atom stereocenters. The SMILES string of the molecule is Cn1c(CC(=O)Nc2ccc(Cl)cc2)nnc1SCC(=O)Nc1cccc(C(F)(F)F)c1. The van der Waals surface area contributed by atoms with Crippen LogP contribution in [-0.2, 0) is 29.2 Å². The van der Waals surface area contributed by atoms with Gasteiger partial charge in [0.05, 0.1) is 17.7 Å². The zero-order valence-corrected chi connectivity index (χ0v) is 18.2. The average molecular weight is 484 g/mol. The zero-order valence-electron chi connectivity index (χ0n) is 16.6. The number of aromatic nitrogens is 3. The van der Waals surface area contributed by atoms with E-state index in [1.807, 2.05) is 0 Å². The Kier molecular flexibility index (Phi) is 7.41. The summed E-state index contributed by atoms with van der Waals surface area (Å²) in [5, 5.41) is 14.0. The third kappa shape index (κ3) is 6.47. The number of nitrogens with one attached hydrogen (secondary N) is 2. The summed E-state index contributed by atoms with van der Waals surface area (Å²) in [5.41, 5.74) is -0.219. The molecule has 1 heterocycles. The van der Waals surface area contributed by atoms with Gasteiger partial charge in [-0.25, -0.2) is 0 Å². The van der Waals surface area contributed by atoms with Crippen LogP contribution < -0.4 is 10.6 Å². The average Bonchev–Trinajstić information content (AvgIpc) is 3.07. The molecule has 0 saturated heterocycles. The summed E-state index contributed by atoms with van der Waals surface area (Å²) in [4.78, 5) is 24.3. The molecule has 0 aliphatic rings. The van der Waals surface area contributed by atoms with Crippen molar-refractivity contribution in [2.75, 3.05) is 16.4 Å². The molecule has 168 valence electrons. The molecule has 0 aliphatic carbocycles. The number of carbonyl (C=O) groups excluding carboxylic acids is 2. The lowest BCUT2D eigenvalue weighted by molar-refractivity contribution is -0.137. The largest absolute Gasteiger partial charge is 0.416 e. The molecule has 0 fully saturated rings. The lowest BCUT2D eigenvalue weighted by Crippen LogP contribution is -2.17. The fourth-order valence-electron chi connectivity index (χ4n) is 2.61. The number of thioether (sulfide) groups is 1. The molecule has 2 amide bonds. The summed E-state index contributed by atoms with van der Waals surface area (Å²) in [6.45, 7) is 0. The number of hydrogen-bond acceptors (Lipinski definition) is 5. The van der Waals surface area contributed by atoms with Crippen LogP contribution in [0.15, 0.2) is 53.7 Å². The molecule has 3 aromatic rings. The molecule has 0 unspecified atom stereocenters.